The fraction of sp³-hybridized carbons (Fsp3) is 0.222. The summed E-state index contributed by atoms with van der Waals surface area (Å²) in [5.74, 6) is -1.91. The number of aryl methyl sites for hydroxylation is 1. The van der Waals surface area contributed by atoms with Gasteiger partial charge in [-0.05, 0) is 76.6 Å². The summed E-state index contributed by atoms with van der Waals surface area (Å²) >= 11 is 1.44. The van der Waals surface area contributed by atoms with Crippen LogP contribution in [-0.2, 0) is 26.0 Å². The maximum absolute atomic E-state index is 14.1. The third-order valence-electron chi connectivity index (χ3n) is 7.59. The van der Waals surface area contributed by atoms with Gasteiger partial charge in [0.05, 0.1) is 18.8 Å². The first-order chi connectivity index (χ1) is 21.8. The smallest absolute Gasteiger partial charge is 0.251 e. The maximum Gasteiger partial charge on any atom is 0.251 e. The first-order valence-electron chi connectivity index (χ1n) is 14.8. The number of rotatable bonds is 13. The Morgan fingerprint density at radius 2 is 1.60 bits per heavy atom. The van der Waals surface area contributed by atoms with Crippen LogP contribution in [-0.4, -0.2) is 39.8 Å². The lowest BCUT2D eigenvalue weighted by molar-refractivity contribution is 0.0830. The molecule has 9 heteroatoms. The number of amides is 1. The van der Waals surface area contributed by atoms with Crippen molar-refractivity contribution in [1.82, 2.24) is 15.6 Å². The van der Waals surface area contributed by atoms with Crippen molar-refractivity contribution in [3.63, 3.8) is 0 Å². The third-order valence-corrected chi connectivity index (χ3v) is 8.41. The normalized spacial score (nSPS) is 12.6. The van der Waals surface area contributed by atoms with E-state index >= 15 is 0 Å². The van der Waals surface area contributed by atoms with Crippen LogP contribution in [0.5, 0.6) is 0 Å². The second-order valence-corrected chi connectivity index (χ2v) is 11.8. The molecule has 0 bridgehead atoms. The van der Waals surface area contributed by atoms with Crippen molar-refractivity contribution in [3.8, 4) is 21.7 Å². The number of nitrogens with zero attached hydrogens (tertiary/aromatic N) is 1. The highest BCUT2D eigenvalue weighted by Gasteiger charge is 2.24. The number of halogens is 2. The number of aliphatic hydroxyl groups excluding tert-OH is 2. The number of carbonyl (C=O) groups is 1. The summed E-state index contributed by atoms with van der Waals surface area (Å²) in [6, 6.07) is 23.3. The van der Waals surface area contributed by atoms with Gasteiger partial charge in [0.1, 0.15) is 16.6 Å². The monoisotopic (exact) mass is 627 g/mol. The lowest BCUT2D eigenvalue weighted by Crippen LogP contribution is -2.48. The standard InChI is InChI=1S/C36H35F2N3O3S/c1-2-23-4-3-5-25(12-23)20-39-21-34(43)33(15-26-13-31(37)19-32(38)14-26)41-35(44)29-16-28(27-8-6-24(22-42)7-9-27)17-30(18-29)36-40-10-11-45-36/h3-14,16-19,33-34,39,42-43H,2,15,20-22H2,1H3,(H,41,44)/t33-,34+/m0/s1. The van der Waals surface area contributed by atoms with Crippen molar-refractivity contribution >= 4 is 17.2 Å². The third kappa shape index (κ3) is 8.67. The quantitative estimate of drug-likeness (QED) is 0.123. The molecule has 5 aromatic rings. The van der Waals surface area contributed by atoms with Crippen LogP contribution in [0.25, 0.3) is 21.7 Å². The lowest BCUT2D eigenvalue weighted by Gasteiger charge is -2.25. The molecule has 5 rings (SSSR count). The minimum absolute atomic E-state index is 0.0102. The van der Waals surface area contributed by atoms with E-state index in [-0.39, 0.29) is 19.6 Å². The van der Waals surface area contributed by atoms with Gasteiger partial charge >= 0.3 is 0 Å². The van der Waals surface area contributed by atoms with E-state index in [4.69, 9.17) is 0 Å². The zero-order valence-electron chi connectivity index (χ0n) is 24.8. The highest BCUT2D eigenvalue weighted by molar-refractivity contribution is 7.13. The average molecular weight is 628 g/mol. The molecule has 0 unspecified atom stereocenters. The van der Waals surface area contributed by atoms with E-state index in [2.05, 4.69) is 34.7 Å². The van der Waals surface area contributed by atoms with Crippen LogP contribution in [0.15, 0.2) is 96.5 Å². The van der Waals surface area contributed by atoms with Crippen LogP contribution in [0.1, 0.15) is 39.5 Å². The molecule has 4 aromatic carbocycles. The summed E-state index contributed by atoms with van der Waals surface area (Å²) in [5.41, 5.74) is 6.07. The summed E-state index contributed by atoms with van der Waals surface area (Å²) in [5, 5.41) is 29.5. The van der Waals surface area contributed by atoms with Gasteiger partial charge in [0, 0.05) is 41.9 Å². The Bertz CT molecular complexity index is 1710. The average Bonchev–Trinajstić information content (AvgIpc) is 3.59. The molecule has 6 nitrogen and oxygen atoms in total. The second kappa shape index (κ2) is 15.1. The highest BCUT2D eigenvalue weighted by atomic mass is 32.1. The molecule has 0 aliphatic rings. The largest absolute Gasteiger partial charge is 0.392 e. The van der Waals surface area contributed by atoms with E-state index in [9.17, 15) is 23.8 Å². The molecule has 0 fully saturated rings. The molecule has 0 spiro atoms. The topological polar surface area (TPSA) is 94.5 Å². The van der Waals surface area contributed by atoms with Crippen LogP contribution in [0.2, 0.25) is 0 Å². The zero-order valence-corrected chi connectivity index (χ0v) is 25.7. The van der Waals surface area contributed by atoms with Gasteiger partial charge in [0.2, 0.25) is 0 Å². The Balaban J connectivity index is 1.40. The van der Waals surface area contributed by atoms with Crippen molar-refractivity contribution in [2.45, 2.75) is 45.1 Å². The van der Waals surface area contributed by atoms with Gasteiger partial charge < -0.3 is 20.8 Å². The van der Waals surface area contributed by atoms with Crippen molar-refractivity contribution in [1.29, 1.82) is 0 Å². The van der Waals surface area contributed by atoms with Gasteiger partial charge in [-0.3, -0.25) is 4.79 Å². The molecule has 1 amide bonds. The fourth-order valence-electron chi connectivity index (χ4n) is 5.20. The lowest BCUT2D eigenvalue weighted by atomic mass is 9.97. The van der Waals surface area contributed by atoms with E-state index in [1.54, 1.807) is 18.3 Å². The van der Waals surface area contributed by atoms with E-state index < -0.39 is 29.7 Å². The Hall–Kier alpha value is -4.28. The molecular weight excluding hydrogens is 592 g/mol. The molecule has 1 aromatic heterocycles. The summed E-state index contributed by atoms with van der Waals surface area (Å²) in [4.78, 5) is 18.2. The van der Waals surface area contributed by atoms with Gasteiger partial charge in [-0.2, -0.15) is 0 Å². The van der Waals surface area contributed by atoms with Crippen LogP contribution in [0.4, 0.5) is 8.78 Å². The number of nitrogens with one attached hydrogen (secondary N) is 2. The second-order valence-electron chi connectivity index (χ2n) is 10.9. The Morgan fingerprint density at radius 3 is 2.29 bits per heavy atom. The minimum Gasteiger partial charge on any atom is -0.392 e. The predicted molar refractivity (Wildman–Crippen MR) is 174 cm³/mol. The number of aliphatic hydroxyl groups is 2. The molecule has 232 valence electrons. The number of hydrogen-bond acceptors (Lipinski definition) is 6. The number of benzene rings is 4. The molecule has 1 heterocycles. The van der Waals surface area contributed by atoms with Crippen molar-refractivity contribution in [3.05, 3.63) is 136 Å². The maximum atomic E-state index is 14.1. The van der Waals surface area contributed by atoms with Gasteiger partial charge in [-0.25, -0.2) is 13.8 Å². The number of carbonyl (C=O) groups excluding carboxylic acids is 1. The first kappa shape index (κ1) is 32.1. The SMILES string of the molecule is CCc1cccc(CNC[C@@H](O)[C@H](Cc2cc(F)cc(F)c2)NC(=O)c2cc(-c3ccc(CO)cc3)cc(-c3nccs3)c2)c1. The van der Waals surface area contributed by atoms with Gasteiger partial charge in [0.15, 0.2) is 0 Å². The van der Waals surface area contributed by atoms with E-state index in [0.29, 0.717) is 17.7 Å². The van der Waals surface area contributed by atoms with Crippen molar-refractivity contribution < 1.29 is 23.8 Å². The Labute approximate surface area is 265 Å². The number of aromatic nitrogens is 1. The summed E-state index contributed by atoms with van der Waals surface area (Å²) in [6.07, 6.45) is 1.55. The predicted octanol–water partition coefficient (Wildman–Crippen LogP) is 6.30. The zero-order chi connectivity index (χ0) is 31.8. The molecule has 0 aliphatic carbocycles. The van der Waals surface area contributed by atoms with E-state index in [0.717, 1.165) is 45.3 Å². The molecule has 2 atom stereocenters. The van der Waals surface area contributed by atoms with Crippen molar-refractivity contribution in [2.75, 3.05) is 6.54 Å². The summed E-state index contributed by atoms with van der Waals surface area (Å²) < 4.78 is 28.1. The van der Waals surface area contributed by atoms with Gasteiger partial charge in [-0.1, -0.05) is 55.5 Å². The highest BCUT2D eigenvalue weighted by Crippen LogP contribution is 2.30. The van der Waals surface area contributed by atoms with Crippen molar-refractivity contribution in [2.24, 2.45) is 0 Å². The first-order valence-corrected chi connectivity index (χ1v) is 15.7. The molecule has 45 heavy (non-hydrogen) atoms. The number of thiazole rings is 1. The Morgan fingerprint density at radius 1 is 0.867 bits per heavy atom. The molecule has 0 saturated carbocycles. The molecule has 0 aliphatic heterocycles. The van der Waals surface area contributed by atoms with Crippen LogP contribution < -0.4 is 10.6 Å². The molecular formula is C36H35F2N3O3S. The molecule has 4 N–H and O–H groups in total. The van der Waals surface area contributed by atoms with Crippen LogP contribution >= 0.6 is 11.3 Å². The van der Waals surface area contributed by atoms with E-state index in [1.807, 2.05) is 47.8 Å². The van der Waals surface area contributed by atoms with E-state index in [1.165, 1.54) is 29.0 Å². The van der Waals surface area contributed by atoms with Gasteiger partial charge in [-0.15, -0.1) is 11.3 Å². The number of hydrogen-bond donors (Lipinski definition) is 4. The molecule has 0 saturated heterocycles. The Kier molecular flexibility index (Phi) is 10.8. The summed E-state index contributed by atoms with van der Waals surface area (Å²) in [6.45, 7) is 2.66. The van der Waals surface area contributed by atoms with Crippen LogP contribution in [0, 0.1) is 11.6 Å². The summed E-state index contributed by atoms with van der Waals surface area (Å²) in [7, 11) is 0. The fourth-order valence-corrected chi connectivity index (χ4v) is 5.83. The van der Waals surface area contributed by atoms with Gasteiger partial charge in [0.25, 0.3) is 5.91 Å². The molecule has 0 radical (unpaired) electrons. The minimum atomic E-state index is -1.07. The van der Waals surface area contributed by atoms with Crippen LogP contribution in [0.3, 0.4) is 0 Å².